The molecule has 218 valence electrons. The summed E-state index contributed by atoms with van der Waals surface area (Å²) in [6, 6.07) is 9.31. The lowest BCUT2D eigenvalue weighted by molar-refractivity contribution is -0.126. The van der Waals surface area contributed by atoms with E-state index in [9.17, 15) is 21.8 Å². The van der Waals surface area contributed by atoms with Crippen LogP contribution in [0.15, 0.2) is 45.7 Å². The van der Waals surface area contributed by atoms with E-state index in [1.807, 2.05) is 11.9 Å². The van der Waals surface area contributed by atoms with Crippen LogP contribution in [0.2, 0.25) is 0 Å². The number of benzene rings is 2. The maximum absolute atomic E-state index is 14.7. The third kappa shape index (κ3) is 7.41. The Morgan fingerprint density at radius 2 is 2.05 bits per heavy atom. The van der Waals surface area contributed by atoms with E-state index in [0.717, 1.165) is 17.9 Å². The normalized spacial score (nSPS) is 19.0. The molecular weight excluding hydrogens is 578 g/mol. The summed E-state index contributed by atoms with van der Waals surface area (Å²) in [5.41, 5.74) is 1.21. The first-order valence-corrected chi connectivity index (χ1v) is 15.4. The number of ether oxygens (including phenoxy) is 1. The van der Waals surface area contributed by atoms with Crippen molar-refractivity contribution < 1.29 is 26.5 Å². The molecule has 1 aromatic heterocycles. The largest absolute Gasteiger partial charge is 0.495 e. The van der Waals surface area contributed by atoms with E-state index in [-0.39, 0.29) is 12.1 Å². The van der Waals surface area contributed by atoms with Crippen molar-refractivity contribution in [2.45, 2.75) is 36.1 Å². The molecule has 1 aliphatic rings. The number of methoxy groups -OCH3 is 1. The number of halogens is 4. The van der Waals surface area contributed by atoms with Crippen molar-refractivity contribution >= 4 is 42.5 Å². The molecule has 1 fully saturated rings. The van der Waals surface area contributed by atoms with Crippen LogP contribution in [0.3, 0.4) is 0 Å². The zero-order chi connectivity index (χ0) is 29.8. The molecule has 0 amide bonds. The number of rotatable bonds is 7. The van der Waals surface area contributed by atoms with Gasteiger partial charge in [0, 0.05) is 19.3 Å². The quantitative estimate of drug-likeness (QED) is 0.198. The molecule has 3 aromatic rings. The van der Waals surface area contributed by atoms with Gasteiger partial charge < -0.3 is 20.3 Å². The average molecular weight is 608 g/mol. The molecule has 13 heteroatoms. The van der Waals surface area contributed by atoms with Crippen LogP contribution in [0.25, 0.3) is 10.1 Å². The number of hydrogen-bond donors (Lipinski definition) is 2. The van der Waals surface area contributed by atoms with Crippen LogP contribution in [-0.4, -0.2) is 67.5 Å². The van der Waals surface area contributed by atoms with Crippen LogP contribution in [-0.2, 0) is 16.1 Å². The van der Waals surface area contributed by atoms with E-state index in [1.54, 1.807) is 36.5 Å². The number of fused-ring (bicyclic) bond motifs is 1. The molecule has 3 atom stereocenters. The van der Waals surface area contributed by atoms with E-state index >= 15 is 0 Å². The molecule has 1 aliphatic heterocycles. The number of nitrogens with one attached hydrogen (secondary N) is 2. The van der Waals surface area contributed by atoms with E-state index in [2.05, 4.69) is 26.8 Å². The molecule has 0 radical (unpaired) electrons. The van der Waals surface area contributed by atoms with Gasteiger partial charge in [0.1, 0.15) is 11.9 Å². The number of alkyl halides is 4. The van der Waals surface area contributed by atoms with Gasteiger partial charge in [0.25, 0.3) is 0 Å². The number of thiophene rings is 1. The van der Waals surface area contributed by atoms with Crippen LogP contribution >= 0.6 is 11.3 Å². The lowest BCUT2D eigenvalue weighted by Gasteiger charge is -2.33. The van der Waals surface area contributed by atoms with Crippen LogP contribution in [0.5, 0.6) is 5.75 Å². The molecule has 2 aromatic carbocycles. The summed E-state index contributed by atoms with van der Waals surface area (Å²) >= 11 is 1.15. The minimum atomic E-state index is -4.44. The molecule has 41 heavy (non-hydrogen) atoms. The van der Waals surface area contributed by atoms with Gasteiger partial charge in [-0.1, -0.05) is 24.0 Å². The Kier molecular flexibility index (Phi) is 9.32. The Bertz CT molecular complexity index is 1650. The smallest absolute Gasteiger partial charge is 0.393 e. The molecule has 7 nitrogen and oxygen atoms in total. The van der Waals surface area contributed by atoms with Gasteiger partial charge in [-0.25, -0.2) is 8.60 Å². The van der Waals surface area contributed by atoms with Crippen molar-refractivity contribution in [3.8, 4) is 23.8 Å². The lowest BCUT2D eigenvalue weighted by atomic mass is 10.0. The zero-order valence-corrected chi connectivity index (χ0v) is 24.3. The molecule has 4 rings (SSSR count). The Morgan fingerprint density at radius 3 is 2.73 bits per heavy atom. The summed E-state index contributed by atoms with van der Waals surface area (Å²) in [7, 11) is 0.370. The van der Waals surface area contributed by atoms with E-state index in [1.165, 1.54) is 19.4 Å². The fraction of sp³-hybridized carbons (Fsp3) is 0.393. The molecule has 1 unspecified atom stereocenters. The highest BCUT2D eigenvalue weighted by molar-refractivity contribution is 7.93. The van der Waals surface area contributed by atoms with E-state index in [4.69, 9.17) is 10.00 Å². The third-order valence-corrected chi connectivity index (χ3v) is 9.43. The van der Waals surface area contributed by atoms with Crippen LogP contribution in [0.1, 0.15) is 16.9 Å². The number of nitrogens with zero attached hydrogens (tertiary/aromatic N) is 3. The Labute approximate surface area is 240 Å². The summed E-state index contributed by atoms with van der Waals surface area (Å²) in [6.07, 6.45) is -3.18. The van der Waals surface area contributed by atoms with E-state index in [0.29, 0.717) is 49.9 Å². The zero-order valence-electron chi connectivity index (χ0n) is 22.6. The fourth-order valence-corrected chi connectivity index (χ4v) is 6.71. The standard InChI is InChI=1S/C28H29F4N5O2S2/c1-37-13-11-22(21(29)16-37)36-24-7-4-6-19-20(15-28(30,31)32)26(40-27(19)24)8-5-12-34-23-10-9-18(14-25(23)39-2)41(3,38)35-17-33/h4,6-7,9-10,14,21-22,34,36H,11-13,15-16H2,1-3H3/t21-,22+,41?/m1/s1. The summed E-state index contributed by atoms with van der Waals surface area (Å²) in [6.45, 7) is 1.10. The molecule has 0 spiro atoms. The topological polar surface area (TPSA) is 89.7 Å². The summed E-state index contributed by atoms with van der Waals surface area (Å²) < 4.78 is 77.4. The Hall–Kier alpha value is -3.52. The molecule has 2 N–H and O–H groups in total. The van der Waals surface area contributed by atoms with Gasteiger partial charge in [-0.15, -0.1) is 15.7 Å². The second-order valence-electron chi connectivity index (χ2n) is 9.71. The van der Waals surface area contributed by atoms with Gasteiger partial charge in [0.15, 0.2) is 0 Å². The summed E-state index contributed by atoms with van der Waals surface area (Å²) in [4.78, 5) is 2.52. The van der Waals surface area contributed by atoms with E-state index < -0.39 is 34.5 Å². The molecule has 0 saturated carbocycles. The summed E-state index contributed by atoms with van der Waals surface area (Å²) in [5.74, 6) is 6.13. The minimum absolute atomic E-state index is 0.0870. The van der Waals surface area contributed by atoms with Gasteiger partial charge in [0.2, 0.25) is 6.19 Å². The van der Waals surface area contributed by atoms with Gasteiger partial charge in [-0.2, -0.15) is 18.4 Å². The Balaban J connectivity index is 1.60. The fourth-order valence-electron chi connectivity index (χ4n) is 4.63. The first-order valence-electron chi connectivity index (χ1n) is 12.6. The lowest BCUT2D eigenvalue weighted by Crippen LogP contribution is -2.46. The van der Waals surface area contributed by atoms with Gasteiger partial charge in [-0.3, -0.25) is 0 Å². The van der Waals surface area contributed by atoms with Crippen LogP contribution in [0, 0.1) is 23.3 Å². The number of hydrogen-bond acceptors (Lipinski definition) is 8. The van der Waals surface area contributed by atoms with Crippen molar-refractivity contribution in [2.24, 2.45) is 4.36 Å². The maximum Gasteiger partial charge on any atom is 0.393 e. The van der Waals surface area contributed by atoms with Crippen molar-refractivity contribution in [1.29, 1.82) is 5.26 Å². The summed E-state index contributed by atoms with van der Waals surface area (Å²) in [5, 5.41) is 15.5. The highest BCUT2D eigenvalue weighted by atomic mass is 32.2. The number of likely N-dealkylation sites (tertiary alicyclic amines) is 1. The average Bonchev–Trinajstić information content (AvgIpc) is 3.24. The Morgan fingerprint density at radius 1 is 1.27 bits per heavy atom. The highest BCUT2D eigenvalue weighted by Crippen LogP contribution is 2.39. The van der Waals surface area contributed by atoms with Crippen LogP contribution in [0.4, 0.5) is 28.9 Å². The molecule has 2 heterocycles. The SMILES string of the molecule is COc1cc(S(C)(=O)=NC#N)ccc1NCC#Cc1sc2c(N[C@H]3CCN(C)C[C@H]3F)cccc2c1CC(F)(F)F. The van der Waals surface area contributed by atoms with Crippen LogP contribution < -0.4 is 15.4 Å². The van der Waals surface area contributed by atoms with Crippen molar-refractivity contribution in [1.82, 2.24) is 4.90 Å². The second-order valence-corrected chi connectivity index (χ2v) is 13.0. The van der Waals surface area contributed by atoms with Crippen molar-refractivity contribution in [3.05, 3.63) is 46.8 Å². The number of piperidine rings is 1. The van der Waals surface area contributed by atoms with Crippen molar-refractivity contribution in [3.63, 3.8) is 0 Å². The highest BCUT2D eigenvalue weighted by Gasteiger charge is 2.32. The minimum Gasteiger partial charge on any atom is -0.495 e. The first-order chi connectivity index (χ1) is 19.4. The number of anilines is 2. The monoisotopic (exact) mass is 607 g/mol. The molecule has 1 saturated heterocycles. The van der Waals surface area contributed by atoms with Gasteiger partial charge >= 0.3 is 6.18 Å². The maximum atomic E-state index is 14.7. The number of nitriles is 1. The molecule has 0 aliphatic carbocycles. The predicted molar refractivity (Wildman–Crippen MR) is 155 cm³/mol. The van der Waals surface area contributed by atoms with Gasteiger partial charge in [-0.05, 0) is 48.7 Å². The second kappa shape index (κ2) is 12.6. The predicted octanol–water partition coefficient (Wildman–Crippen LogP) is 5.87. The third-order valence-electron chi connectivity index (χ3n) is 6.68. The van der Waals surface area contributed by atoms with Crippen molar-refractivity contribution in [2.75, 3.05) is 50.7 Å². The first kappa shape index (κ1) is 30.4. The molecule has 0 bridgehead atoms. The van der Waals surface area contributed by atoms with Gasteiger partial charge in [0.05, 0.1) is 61.7 Å². The molecular formula is C28H29F4N5O2S2.